The Morgan fingerprint density at radius 1 is 1.21 bits per heavy atom. The lowest BCUT2D eigenvalue weighted by Crippen LogP contribution is -2.40. The summed E-state index contributed by atoms with van der Waals surface area (Å²) in [5, 5.41) is 3.05. The number of nitrogens with one attached hydrogen (secondary N) is 1. The average Bonchev–Trinajstić information content (AvgIpc) is 2.85. The fourth-order valence-electron chi connectivity index (χ4n) is 2.77. The van der Waals surface area contributed by atoms with Crippen LogP contribution in [0.15, 0.2) is 24.3 Å². The van der Waals surface area contributed by atoms with Crippen LogP contribution in [-0.2, 0) is 9.59 Å². The predicted octanol–water partition coefficient (Wildman–Crippen LogP) is 1.79. The molecule has 1 fully saturated rings. The SMILES string of the molecule is O=C1CCC(NC(=O)C2COc3ccccc32)CC1. The lowest BCUT2D eigenvalue weighted by atomic mass is 9.93. The fourth-order valence-corrected chi connectivity index (χ4v) is 2.77. The van der Waals surface area contributed by atoms with E-state index in [9.17, 15) is 9.59 Å². The number of carbonyl (C=O) groups is 2. The minimum absolute atomic E-state index is 0.0179. The number of fused-ring (bicyclic) bond motifs is 1. The van der Waals surface area contributed by atoms with Gasteiger partial charge in [-0.2, -0.15) is 0 Å². The van der Waals surface area contributed by atoms with Crippen molar-refractivity contribution >= 4 is 11.7 Å². The molecule has 1 saturated carbocycles. The van der Waals surface area contributed by atoms with Crippen molar-refractivity contribution in [3.8, 4) is 5.75 Å². The summed E-state index contributed by atoms with van der Waals surface area (Å²) in [6.45, 7) is 0.414. The number of benzene rings is 1. The zero-order valence-electron chi connectivity index (χ0n) is 10.7. The molecule has 1 aromatic carbocycles. The van der Waals surface area contributed by atoms with E-state index in [0.29, 0.717) is 25.2 Å². The van der Waals surface area contributed by atoms with Gasteiger partial charge in [-0.05, 0) is 18.9 Å². The molecule has 1 unspecified atom stereocenters. The third-order valence-electron chi connectivity index (χ3n) is 3.91. The second kappa shape index (κ2) is 5.03. The highest BCUT2D eigenvalue weighted by atomic mass is 16.5. The molecule has 1 aliphatic carbocycles. The summed E-state index contributed by atoms with van der Waals surface area (Å²) in [5.74, 6) is 0.916. The molecule has 0 bridgehead atoms. The summed E-state index contributed by atoms with van der Waals surface area (Å²) in [7, 11) is 0. The smallest absolute Gasteiger partial charge is 0.231 e. The van der Waals surface area contributed by atoms with Crippen LogP contribution in [0, 0.1) is 0 Å². The highest BCUT2D eigenvalue weighted by Crippen LogP contribution is 2.33. The van der Waals surface area contributed by atoms with Crippen molar-refractivity contribution in [3.05, 3.63) is 29.8 Å². The van der Waals surface area contributed by atoms with Crippen LogP contribution in [0.2, 0.25) is 0 Å². The van der Waals surface area contributed by atoms with Gasteiger partial charge in [0.05, 0.1) is 0 Å². The average molecular weight is 259 g/mol. The summed E-state index contributed by atoms with van der Waals surface area (Å²) in [4.78, 5) is 23.5. The Morgan fingerprint density at radius 2 is 1.95 bits per heavy atom. The van der Waals surface area contributed by atoms with Gasteiger partial charge >= 0.3 is 0 Å². The maximum atomic E-state index is 12.3. The van der Waals surface area contributed by atoms with Crippen molar-refractivity contribution in [3.63, 3.8) is 0 Å². The van der Waals surface area contributed by atoms with Gasteiger partial charge in [-0.15, -0.1) is 0 Å². The van der Waals surface area contributed by atoms with Gasteiger partial charge in [-0.3, -0.25) is 9.59 Å². The van der Waals surface area contributed by atoms with E-state index >= 15 is 0 Å². The molecule has 0 aromatic heterocycles. The van der Waals surface area contributed by atoms with Crippen LogP contribution in [0.4, 0.5) is 0 Å². The molecule has 0 radical (unpaired) electrons. The Labute approximate surface area is 112 Å². The second-order valence-electron chi connectivity index (χ2n) is 5.22. The molecule has 1 N–H and O–H groups in total. The normalized spacial score (nSPS) is 22.7. The molecular weight excluding hydrogens is 242 g/mol. The molecule has 1 amide bonds. The second-order valence-corrected chi connectivity index (χ2v) is 5.22. The van der Waals surface area contributed by atoms with E-state index in [0.717, 1.165) is 24.2 Å². The van der Waals surface area contributed by atoms with Crippen LogP contribution in [0.1, 0.15) is 37.2 Å². The van der Waals surface area contributed by atoms with Crippen LogP contribution in [0.3, 0.4) is 0 Å². The first kappa shape index (κ1) is 12.2. The Kier molecular flexibility index (Phi) is 3.23. The van der Waals surface area contributed by atoms with Gasteiger partial charge in [0.1, 0.15) is 24.1 Å². The molecule has 1 atom stereocenters. The van der Waals surface area contributed by atoms with Gasteiger partial charge in [-0.25, -0.2) is 0 Å². The first-order valence-electron chi connectivity index (χ1n) is 6.78. The van der Waals surface area contributed by atoms with Crippen molar-refractivity contribution < 1.29 is 14.3 Å². The molecule has 100 valence electrons. The third-order valence-corrected chi connectivity index (χ3v) is 3.91. The molecule has 3 rings (SSSR count). The van der Waals surface area contributed by atoms with Crippen LogP contribution in [0.5, 0.6) is 5.75 Å². The zero-order valence-corrected chi connectivity index (χ0v) is 10.7. The predicted molar refractivity (Wildman–Crippen MR) is 70.1 cm³/mol. The lowest BCUT2D eigenvalue weighted by Gasteiger charge is -2.23. The number of carbonyl (C=O) groups excluding carboxylic acids is 2. The molecule has 0 saturated heterocycles. The van der Waals surface area contributed by atoms with Crippen LogP contribution < -0.4 is 10.1 Å². The number of ether oxygens (including phenoxy) is 1. The van der Waals surface area contributed by atoms with Gasteiger partial charge in [0, 0.05) is 24.4 Å². The lowest BCUT2D eigenvalue weighted by molar-refractivity contribution is -0.125. The number of amides is 1. The quantitative estimate of drug-likeness (QED) is 0.881. The maximum absolute atomic E-state index is 12.3. The molecule has 1 aromatic rings. The zero-order chi connectivity index (χ0) is 13.2. The van der Waals surface area contributed by atoms with Crippen LogP contribution in [-0.4, -0.2) is 24.3 Å². The first-order chi connectivity index (χ1) is 9.24. The Morgan fingerprint density at radius 3 is 2.74 bits per heavy atom. The number of ketones is 1. The maximum Gasteiger partial charge on any atom is 0.231 e. The van der Waals surface area contributed by atoms with Crippen molar-refractivity contribution in [1.29, 1.82) is 0 Å². The van der Waals surface area contributed by atoms with E-state index < -0.39 is 0 Å². The van der Waals surface area contributed by atoms with Gasteiger partial charge in [-0.1, -0.05) is 18.2 Å². The number of hydrogen-bond acceptors (Lipinski definition) is 3. The van der Waals surface area contributed by atoms with E-state index in [1.807, 2.05) is 24.3 Å². The molecule has 4 heteroatoms. The van der Waals surface area contributed by atoms with Gasteiger partial charge < -0.3 is 10.1 Å². The summed E-state index contributed by atoms with van der Waals surface area (Å²) < 4.78 is 5.52. The van der Waals surface area contributed by atoms with Crippen molar-refractivity contribution in [1.82, 2.24) is 5.32 Å². The van der Waals surface area contributed by atoms with Gasteiger partial charge in [0.15, 0.2) is 0 Å². The number of Topliss-reactive ketones (excluding diaryl/α,β-unsaturated/α-hetero) is 1. The van der Waals surface area contributed by atoms with Crippen LogP contribution >= 0.6 is 0 Å². The molecular formula is C15H17NO3. The third kappa shape index (κ3) is 2.48. The molecule has 4 nitrogen and oxygen atoms in total. The van der Waals surface area contributed by atoms with E-state index in [4.69, 9.17) is 4.74 Å². The summed E-state index contributed by atoms with van der Waals surface area (Å²) >= 11 is 0. The molecule has 0 spiro atoms. The van der Waals surface area contributed by atoms with Gasteiger partial charge in [0.2, 0.25) is 5.91 Å². The topological polar surface area (TPSA) is 55.4 Å². The molecule has 1 heterocycles. The highest BCUT2D eigenvalue weighted by Gasteiger charge is 2.31. The molecule has 19 heavy (non-hydrogen) atoms. The number of para-hydroxylation sites is 1. The molecule has 2 aliphatic rings. The number of hydrogen-bond donors (Lipinski definition) is 1. The highest BCUT2D eigenvalue weighted by molar-refractivity contribution is 5.86. The van der Waals surface area contributed by atoms with Crippen molar-refractivity contribution in [2.45, 2.75) is 37.6 Å². The largest absolute Gasteiger partial charge is 0.492 e. The monoisotopic (exact) mass is 259 g/mol. The van der Waals surface area contributed by atoms with Crippen molar-refractivity contribution in [2.75, 3.05) is 6.61 Å². The Bertz CT molecular complexity index is 502. The van der Waals surface area contributed by atoms with Gasteiger partial charge in [0.25, 0.3) is 0 Å². The summed E-state index contributed by atoms with van der Waals surface area (Å²) in [5.41, 5.74) is 0.965. The van der Waals surface area contributed by atoms with Crippen LogP contribution in [0.25, 0.3) is 0 Å². The van der Waals surface area contributed by atoms with E-state index in [1.54, 1.807) is 0 Å². The molecule has 1 aliphatic heterocycles. The minimum Gasteiger partial charge on any atom is -0.492 e. The number of rotatable bonds is 2. The van der Waals surface area contributed by atoms with E-state index in [-0.39, 0.29) is 17.9 Å². The van der Waals surface area contributed by atoms with E-state index in [2.05, 4.69) is 5.32 Å². The standard InChI is InChI=1S/C15H17NO3/c17-11-7-5-10(6-8-11)16-15(18)13-9-19-14-4-2-1-3-12(13)14/h1-4,10,13H,5-9H2,(H,16,18). The summed E-state index contributed by atoms with van der Waals surface area (Å²) in [6, 6.07) is 7.80. The first-order valence-corrected chi connectivity index (χ1v) is 6.78. The van der Waals surface area contributed by atoms with E-state index in [1.165, 1.54) is 0 Å². The fraction of sp³-hybridized carbons (Fsp3) is 0.467. The summed E-state index contributed by atoms with van der Waals surface area (Å²) in [6.07, 6.45) is 2.70. The minimum atomic E-state index is -0.214. The Balaban J connectivity index is 1.64. The Hall–Kier alpha value is -1.84. The van der Waals surface area contributed by atoms with Crippen molar-refractivity contribution in [2.24, 2.45) is 0 Å².